The number of nitrogens with one attached hydrogen (secondary N) is 1. The molecule has 292 valence electrons. The minimum atomic E-state index is -0.621. The molecule has 2 aromatic heterocycles. The third-order valence-corrected chi connectivity index (χ3v) is 8.09. The molecule has 0 radical (unpaired) electrons. The van der Waals surface area contributed by atoms with Gasteiger partial charge in [-0.2, -0.15) is 9.97 Å². The lowest BCUT2D eigenvalue weighted by Crippen LogP contribution is -2.57. The number of β-amino-alcohol motifs (C(OH)–C–C–N with tert-alkyl or cyclic N) is 2. The van der Waals surface area contributed by atoms with Crippen LogP contribution in [0.15, 0.2) is 0 Å². The fraction of sp³-hybridized carbons (Fsp3) is 0.800. The molecule has 51 heavy (non-hydrogen) atoms. The summed E-state index contributed by atoms with van der Waals surface area (Å²) in [4.78, 5) is 13.7. The first kappa shape index (κ1) is 45.1. The van der Waals surface area contributed by atoms with Gasteiger partial charge in [-0.15, -0.1) is 20.4 Å². The van der Waals surface area contributed by atoms with Crippen LogP contribution in [0.2, 0.25) is 15.6 Å². The van der Waals surface area contributed by atoms with E-state index in [1.54, 1.807) is 0 Å². The molecule has 0 saturated carbocycles. The van der Waals surface area contributed by atoms with Crippen LogP contribution in [0.3, 0.4) is 0 Å². The molecule has 4 atom stereocenters. The zero-order valence-electron chi connectivity index (χ0n) is 30.2. The summed E-state index contributed by atoms with van der Waals surface area (Å²) in [7, 11) is 0. The smallest absolute Gasteiger partial charge is 0.247 e. The number of aromatic nitrogens is 6. The highest BCUT2D eigenvalue weighted by molar-refractivity contribution is 6.32. The van der Waals surface area contributed by atoms with E-state index in [9.17, 15) is 20.4 Å². The highest BCUT2D eigenvalue weighted by atomic mass is 35.5. The number of ether oxygens (including phenoxy) is 2. The quantitative estimate of drug-likeness (QED) is 0.158. The van der Waals surface area contributed by atoms with Crippen molar-refractivity contribution in [2.45, 2.75) is 77.0 Å². The average molecular weight is 786 g/mol. The van der Waals surface area contributed by atoms with E-state index in [1.165, 1.54) is 0 Å². The maximum atomic E-state index is 10.2. The van der Waals surface area contributed by atoms with Gasteiger partial charge in [0.15, 0.2) is 21.9 Å². The minimum Gasteiger partial charge on any atom is -0.395 e. The number of hydrogen-bond donors (Lipinski definition) is 7. The van der Waals surface area contributed by atoms with Crippen molar-refractivity contribution >= 4 is 52.4 Å². The molecule has 0 amide bonds. The third-order valence-electron chi connectivity index (χ3n) is 7.39. The fourth-order valence-electron chi connectivity index (χ4n) is 4.80. The molecule has 0 aliphatic carbocycles. The monoisotopic (exact) mass is 784 g/mol. The Morgan fingerprint density at radius 1 is 0.765 bits per heavy atom. The molecular formula is C30H55Cl3N12O6. The Labute approximate surface area is 314 Å². The highest BCUT2D eigenvalue weighted by Crippen LogP contribution is 2.19. The topological polar surface area (TPSA) is 251 Å². The molecule has 0 aromatic carbocycles. The minimum absolute atomic E-state index is 0.00287. The van der Waals surface area contributed by atoms with Crippen molar-refractivity contribution in [2.75, 3.05) is 95.2 Å². The second-order valence-electron chi connectivity index (χ2n) is 14.0. The van der Waals surface area contributed by atoms with Gasteiger partial charge in [0.05, 0.1) is 55.9 Å². The summed E-state index contributed by atoms with van der Waals surface area (Å²) >= 11 is 16.4. The van der Waals surface area contributed by atoms with E-state index in [2.05, 4.69) is 40.6 Å². The summed E-state index contributed by atoms with van der Waals surface area (Å²) in [5, 5.41) is 56.9. The lowest BCUT2D eigenvalue weighted by Gasteiger charge is -2.41. The summed E-state index contributed by atoms with van der Waals surface area (Å²) in [6.45, 7) is 17.7. The maximum absolute atomic E-state index is 10.2. The summed E-state index contributed by atoms with van der Waals surface area (Å²) in [6, 6.07) is -0.0495. The van der Waals surface area contributed by atoms with Crippen LogP contribution in [-0.2, 0) is 9.47 Å². The Morgan fingerprint density at radius 2 is 1.27 bits per heavy atom. The molecule has 2 aliphatic rings. The molecule has 0 spiro atoms. The summed E-state index contributed by atoms with van der Waals surface area (Å²) in [5.74, 6) is 0.609. The van der Waals surface area contributed by atoms with Crippen LogP contribution < -0.4 is 21.7 Å². The molecule has 2 aliphatic heterocycles. The summed E-state index contributed by atoms with van der Waals surface area (Å²) < 4.78 is 11.2. The Balaban J connectivity index is 0.000000297. The second kappa shape index (κ2) is 21.6. The number of anilines is 3. The van der Waals surface area contributed by atoms with Crippen LogP contribution in [-0.4, -0.2) is 175 Å². The molecule has 4 rings (SSSR count). The van der Waals surface area contributed by atoms with E-state index < -0.39 is 12.2 Å². The average Bonchev–Trinajstić information content (AvgIpc) is 3.06. The fourth-order valence-corrected chi connectivity index (χ4v) is 5.09. The maximum Gasteiger partial charge on any atom is 0.247 e. The SMILES string of the molecule is CC(C)(C)OCC(O)CN1CCN(c2nnc(Cl)c(N)n2)C[C@H]1CO.CC(C)(C)OCC(O)CN1CCNC[C@H]1CO.Nc1nc(Cl)nnc1Cl. The van der Waals surface area contributed by atoms with E-state index in [1.807, 2.05) is 51.3 Å². The lowest BCUT2D eigenvalue weighted by atomic mass is 10.1. The predicted molar refractivity (Wildman–Crippen MR) is 197 cm³/mol. The van der Waals surface area contributed by atoms with E-state index >= 15 is 0 Å². The summed E-state index contributed by atoms with van der Waals surface area (Å²) in [5.41, 5.74) is 10.3. The van der Waals surface area contributed by atoms with Crippen molar-refractivity contribution in [3.8, 4) is 0 Å². The molecular weight excluding hydrogens is 731 g/mol. The number of nitrogens with zero attached hydrogens (tertiary/aromatic N) is 9. The van der Waals surface area contributed by atoms with Crippen LogP contribution in [0, 0.1) is 0 Å². The molecule has 9 N–H and O–H groups in total. The Hall–Kier alpha value is -2.07. The number of nitrogen functional groups attached to an aromatic ring is 2. The predicted octanol–water partition coefficient (Wildman–Crippen LogP) is -0.0448. The number of piperazine rings is 2. The van der Waals surface area contributed by atoms with Gasteiger partial charge in [-0.25, -0.2) is 0 Å². The molecule has 21 heteroatoms. The van der Waals surface area contributed by atoms with E-state index in [4.69, 9.17) is 55.7 Å². The largest absolute Gasteiger partial charge is 0.395 e. The van der Waals surface area contributed by atoms with Gasteiger partial charge in [0.2, 0.25) is 11.2 Å². The molecule has 2 unspecified atom stereocenters. The van der Waals surface area contributed by atoms with Crippen molar-refractivity contribution in [1.29, 1.82) is 0 Å². The molecule has 0 bridgehead atoms. The molecule has 2 aromatic rings. The van der Waals surface area contributed by atoms with Crippen molar-refractivity contribution < 1.29 is 29.9 Å². The van der Waals surface area contributed by atoms with Crippen molar-refractivity contribution in [1.82, 2.24) is 45.5 Å². The van der Waals surface area contributed by atoms with Gasteiger partial charge in [0.1, 0.15) is 0 Å². The van der Waals surface area contributed by atoms with Gasteiger partial charge >= 0.3 is 0 Å². The molecule has 18 nitrogen and oxygen atoms in total. The van der Waals surface area contributed by atoms with Crippen LogP contribution in [0.25, 0.3) is 0 Å². The van der Waals surface area contributed by atoms with Gasteiger partial charge in [-0.1, -0.05) is 23.2 Å². The first-order chi connectivity index (χ1) is 23.8. The lowest BCUT2D eigenvalue weighted by molar-refractivity contribution is -0.0619. The van der Waals surface area contributed by atoms with Gasteiger partial charge in [0.25, 0.3) is 0 Å². The van der Waals surface area contributed by atoms with Crippen LogP contribution in [0.1, 0.15) is 41.5 Å². The standard InChI is InChI=1S/C15H27ClN6O3.C12H26N2O3.C3H2Cl2N4/c1-15(2,3)25-9-11(24)7-21-4-5-22(6-10(21)8-23)14-18-13(17)12(16)19-20-14;1-12(2,3)17-9-11(16)7-14-5-4-13-6-10(14)8-15;4-1-2(6)7-3(5)9-8-1/h10-11,23-24H,4-9H2,1-3H3,(H2,17,18,20);10-11,13,15-16H,4-9H2,1-3H3;(H2,6,7,9)/t2*10-,11?;/m00./s1. The zero-order chi connectivity index (χ0) is 38.4. The highest BCUT2D eigenvalue weighted by Gasteiger charge is 2.30. The molecule has 2 saturated heterocycles. The Bertz CT molecular complexity index is 1310. The van der Waals surface area contributed by atoms with E-state index in [-0.39, 0.29) is 70.3 Å². The number of halogens is 3. The number of hydrogen-bond acceptors (Lipinski definition) is 18. The van der Waals surface area contributed by atoms with Gasteiger partial charge in [0, 0.05) is 58.4 Å². The molecule has 2 fully saturated rings. The van der Waals surface area contributed by atoms with E-state index in [0.29, 0.717) is 45.3 Å². The summed E-state index contributed by atoms with van der Waals surface area (Å²) in [6.07, 6.45) is -1.12. The zero-order valence-corrected chi connectivity index (χ0v) is 32.5. The number of nitrogens with two attached hydrogens (primary N) is 2. The van der Waals surface area contributed by atoms with Crippen LogP contribution in [0.5, 0.6) is 0 Å². The number of aliphatic hydroxyl groups is 4. The van der Waals surface area contributed by atoms with Crippen molar-refractivity contribution in [3.63, 3.8) is 0 Å². The first-order valence-electron chi connectivity index (χ1n) is 16.6. The van der Waals surface area contributed by atoms with E-state index in [0.717, 1.165) is 19.6 Å². The Morgan fingerprint density at radius 3 is 1.75 bits per heavy atom. The first-order valence-corrected chi connectivity index (χ1v) is 17.7. The van der Waals surface area contributed by atoms with Crippen molar-refractivity contribution in [2.24, 2.45) is 0 Å². The third kappa shape index (κ3) is 17.5. The van der Waals surface area contributed by atoms with Crippen LogP contribution >= 0.6 is 34.8 Å². The van der Waals surface area contributed by atoms with Gasteiger partial charge in [-0.3, -0.25) is 9.80 Å². The normalized spacial score (nSPS) is 20.1. The number of aliphatic hydroxyl groups excluding tert-OH is 4. The Kier molecular flexibility index (Phi) is 19.1. The second-order valence-corrected chi connectivity index (χ2v) is 15.1. The molecule has 4 heterocycles. The van der Waals surface area contributed by atoms with Crippen molar-refractivity contribution in [3.05, 3.63) is 15.6 Å². The van der Waals surface area contributed by atoms with Gasteiger partial charge in [-0.05, 0) is 53.1 Å². The van der Waals surface area contributed by atoms with Crippen LogP contribution in [0.4, 0.5) is 17.6 Å². The number of rotatable bonds is 11. The van der Waals surface area contributed by atoms with Gasteiger partial charge < -0.3 is 51.6 Å².